The van der Waals surface area contributed by atoms with E-state index in [0.717, 1.165) is 5.56 Å². The molecule has 0 atom stereocenters. The Morgan fingerprint density at radius 3 is 2.17 bits per heavy atom. The summed E-state index contributed by atoms with van der Waals surface area (Å²) in [6, 6.07) is 11.2. The van der Waals surface area contributed by atoms with Crippen LogP contribution in [0.5, 0.6) is 0 Å². The first-order valence-corrected chi connectivity index (χ1v) is 7.69. The molecule has 4 nitrogen and oxygen atoms in total. The van der Waals surface area contributed by atoms with Crippen LogP contribution in [0.4, 0.5) is 0 Å². The van der Waals surface area contributed by atoms with Crippen LogP contribution in [-0.4, -0.2) is 22.2 Å². The zero-order chi connectivity index (χ0) is 16.8. The van der Waals surface area contributed by atoms with Crippen molar-refractivity contribution >= 4 is 23.5 Å². The van der Waals surface area contributed by atoms with E-state index in [0.29, 0.717) is 17.0 Å². The molecule has 3 rings (SSSR count). The average molecular weight is 333 g/mol. The van der Waals surface area contributed by atoms with Crippen molar-refractivity contribution in [1.29, 1.82) is 0 Å². The maximum atomic E-state index is 11.2. The van der Waals surface area contributed by atoms with E-state index in [-0.39, 0.29) is 11.1 Å². The molecule has 1 fully saturated rings. The summed E-state index contributed by atoms with van der Waals surface area (Å²) in [5.74, 6) is -2.30. The molecule has 0 heterocycles. The lowest BCUT2D eigenvalue weighted by Gasteiger charge is -2.08. The number of rotatable bonds is 4. The van der Waals surface area contributed by atoms with E-state index in [1.165, 1.54) is 37.5 Å². The van der Waals surface area contributed by atoms with Crippen molar-refractivity contribution in [2.24, 2.45) is 0 Å². The molecule has 0 aromatic heterocycles. The minimum atomic E-state index is -1.15. The summed E-state index contributed by atoms with van der Waals surface area (Å²) in [7, 11) is 0. The summed E-state index contributed by atoms with van der Waals surface area (Å²) in [6.07, 6.45) is 4.88. The predicted molar refractivity (Wildman–Crippen MR) is 88.5 cm³/mol. The molecule has 5 heteroatoms. The highest BCUT2D eigenvalue weighted by atomic mass is 35.5. The topological polar surface area (TPSA) is 74.6 Å². The number of benzene rings is 2. The van der Waals surface area contributed by atoms with Crippen molar-refractivity contribution in [3.63, 3.8) is 0 Å². The number of carboxylic acids is 2. The highest BCUT2D eigenvalue weighted by Crippen LogP contribution is 2.19. The van der Waals surface area contributed by atoms with Crippen LogP contribution >= 0.6 is 11.6 Å². The predicted octanol–water partition coefficient (Wildman–Crippen LogP) is 4.50. The first-order valence-electron chi connectivity index (χ1n) is 7.31. The van der Waals surface area contributed by atoms with E-state index in [1.54, 1.807) is 18.2 Å². The van der Waals surface area contributed by atoms with Gasteiger partial charge in [-0.15, -0.1) is 0 Å². The van der Waals surface area contributed by atoms with Gasteiger partial charge in [0.25, 0.3) is 0 Å². The van der Waals surface area contributed by atoms with E-state index < -0.39 is 11.9 Å². The molecule has 2 aromatic carbocycles. The lowest BCUT2D eigenvalue weighted by molar-refractivity contribution is 0.0695. The van der Waals surface area contributed by atoms with Gasteiger partial charge >= 0.3 is 11.9 Å². The minimum Gasteiger partial charge on any atom is -0.478 e. The molecule has 0 aliphatic heterocycles. The van der Waals surface area contributed by atoms with Crippen LogP contribution in [0, 0.1) is 0 Å². The first kappa shape index (κ1) is 17.0. The molecule has 0 unspecified atom stereocenters. The van der Waals surface area contributed by atoms with E-state index in [2.05, 4.69) is 0 Å². The third-order valence-corrected chi connectivity index (χ3v) is 3.46. The van der Waals surface area contributed by atoms with Crippen LogP contribution in [0.2, 0.25) is 5.02 Å². The Balaban J connectivity index is 0.000000572. The van der Waals surface area contributed by atoms with E-state index in [1.807, 2.05) is 6.07 Å². The summed E-state index contributed by atoms with van der Waals surface area (Å²) in [4.78, 5) is 22.1. The summed E-state index contributed by atoms with van der Waals surface area (Å²) in [6.45, 7) is 0. The monoisotopic (exact) mass is 332 g/mol. The minimum absolute atomic E-state index is 0.00937. The molecule has 120 valence electrons. The van der Waals surface area contributed by atoms with Gasteiger partial charge in [0, 0.05) is 5.02 Å². The summed E-state index contributed by atoms with van der Waals surface area (Å²) >= 11 is 5.89. The zero-order valence-electron chi connectivity index (χ0n) is 12.5. The fourth-order valence-electron chi connectivity index (χ4n) is 1.93. The number of carboxylic acid groups (broad SMARTS) is 2. The first-order chi connectivity index (χ1) is 11.0. The maximum absolute atomic E-state index is 11.2. The van der Waals surface area contributed by atoms with Crippen LogP contribution in [0.15, 0.2) is 42.5 Å². The van der Waals surface area contributed by atoms with Crippen molar-refractivity contribution in [3.05, 3.63) is 69.7 Å². The largest absolute Gasteiger partial charge is 0.478 e. The smallest absolute Gasteiger partial charge is 0.336 e. The number of halogens is 1. The SMILES string of the molecule is C1CC1.O=C(O)c1ccc(Cc2cccc(Cl)c2)c(C(=O)O)c1. The second kappa shape index (κ2) is 7.79. The molecule has 2 N–H and O–H groups in total. The summed E-state index contributed by atoms with van der Waals surface area (Å²) < 4.78 is 0. The lowest BCUT2D eigenvalue weighted by Crippen LogP contribution is -2.06. The fourth-order valence-corrected chi connectivity index (χ4v) is 2.14. The Hall–Kier alpha value is -2.33. The Bertz CT molecular complexity index is 720. The molecular formula is C18H17ClO4. The highest BCUT2D eigenvalue weighted by Gasteiger charge is 2.14. The summed E-state index contributed by atoms with van der Waals surface area (Å²) in [5, 5.41) is 18.7. The third-order valence-electron chi connectivity index (χ3n) is 3.22. The van der Waals surface area contributed by atoms with Crippen LogP contribution in [-0.2, 0) is 6.42 Å². The van der Waals surface area contributed by atoms with Crippen molar-refractivity contribution in [2.75, 3.05) is 0 Å². The Morgan fingerprint density at radius 2 is 1.65 bits per heavy atom. The zero-order valence-corrected chi connectivity index (χ0v) is 13.2. The molecule has 1 aliphatic rings. The Morgan fingerprint density at radius 1 is 0.957 bits per heavy atom. The number of hydrogen-bond acceptors (Lipinski definition) is 2. The van der Waals surface area contributed by atoms with Gasteiger partial charge in [-0.3, -0.25) is 0 Å². The van der Waals surface area contributed by atoms with Gasteiger partial charge in [-0.1, -0.05) is 49.1 Å². The highest BCUT2D eigenvalue weighted by molar-refractivity contribution is 6.30. The number of carbonyl (C=O) groups is 2. The van der Waals surface area contributed by atoms with Crippen LogP contribution in [0.3, 0.4) is 0 Å². The molecular weight excluding hydrogens is 316 g/mol. The molecule has 0 saturated heterocycles. The second-order valence-corrected chi connectivity index (χ2v) is 5.79. The molecule has 23 heavy (non-hydrogen) atoms. The van der Waals surface area contributed by atoms with E-state index >= 15 is 0 Å². The van der Waals surface area contributed by atoms with Gasteiger partial charge in [0.1, 0.15) is 0 Å². The van der Waals surface area contributed by atoms with Crippen LogP contribution in [0.25, 0.3) is 0 Å². The van der Waals surface area contributed by atoms with Crippen molar-refractivity contribution in [3.8, 4) is 0 Å². The van der Waals surface area contributed by atoms with Gasteiger partial charge < -0.3 is 10.2 Å². The van der Waals surface area contributed by atoms with E-state index in [9.17, 15) is 14.7 Å². The standard InChI is InChI=1S/C15H11ClO4.C3H6/c16-12-3-1-2-9(7-12)6-10-4-5-11(14(17)18)8-13(10)15(19)20;1-2-3-1/h1-5,7-8H,6H2,(H,17,18)(H,19,20);1-3H2. The van der Waals surface area contributed by atoms with Gasteiger partial charge in [-0.25, -0.2) is 9.59 Å². The molecule has 0 amide bonds. The van der Waals surface area contributed by atoms with Gasteiger partial charge in [0.05, 0.1) is 11.1 Å². The molecule has 1 saturated carbocycles. The van der Waals surface area contributed by atoms with Crippen molar-refractivity contribution in [2.45, 2.75) is 25.7 Å². The maximum Gasteiger partial charge on any atom is 0.336 e. The number of aromatic carboxylic acids is 2. The van der Waals surface area contributed by atoms with Gasteiger partial charge in [0.2, 0.25) is 0 Å². The van der Waals surface area contributed by atoms with Gasteiger partial charge in [-0.2, -0.15) is 0 Å². The average Bonchev–Trinajstić information content (AvgIpc) is 3.35. The third kappa shape index (κ3) is 5.42. The quantitative estimate of drug-likeness (QED) is 0.864. The fraction of sp³-hybridized carbons (Fsp3) is 0.222. The Labute approximate surface area is 139 Å². The Kier molecular flexibility index (Phi) is 5.77. The molecule has 0 radical (unpaired) electrons. The van der Waals surface area contributed by atoms with Crippen molar-refractivity contribution in [1.82, 2.24) is 0 Å². The van der Waals surface area contributed by atoms with E-state index in [4.69, 9.17) is 16.7 Å². The van der Waals surface area contributed by atoms with Crippen LogP contribution < -0.4 is 0 Å². The van der Waals surface area contributed by atoms with Crippen LogP contribution in [0.1, 0.15) is 51.1 Å². The normalized spacial score (nSPS) is 12.0. The lowest BCUT2D eigenvalue weighted by atomic mass is 9.98. The molecule has 0 bridgehead atoms. The second-order valence-electron chi connectivity index (χ2n) is 5.35. The summed E-state index contributed by atoms with van der Waals surface area (Å²) in [5.41, 5.74) is 1.36. The van der Waals surface area contributed by atoms with Gasteiger partial charge in [0.15, 0.2) is 0 Å². The molecule has 0 spiro atoms. The van der Waals surface area contributed by atoms with Gasteiger partial charge in [-0.05, 0) is 41.8 Å². The molecule has 2 aromatic rings. The molecule has 1 aliphatic carbocycles. The number of hydrogen-bond donors (Lipinski definition) is 2. The van der Waals surface area contributed by atoms with Crippen molar-refractivity contribution < 1.29 is 19.8 Å².